The molecule has 2 saturated heterocycles. The quantitative estimate of drug-likeness (QED) is 0.472. The molecule has 0 spiro atoms. The highest BCUT2D eigenvalue weighted by Gasteiger charge is 2.76. The van der Waals surface area contributed by atoms with Gasteiger partial charge in [0.2, 0.25) is 5.60 Å². The lowest BCUT2D eigenvalue weighted by Crippen LogP contribution is -2.50. The van der Waals surface area contributed by atoms with E-state index in [1.54, 1.807) is 0 Å². The normalized spacial score (nSPS) is 38.5. The number of carbonyl (C=O) groups is 2. The molecule has 3 fully saturated rings. The first-order valence-electron chi connectivity index (χ1n) is 8.18. The fraction of sp³-hybridized carbons (Fsp3) is 0.750. The van der Waals surface area contributed by atoms with Crippen LogP contribution in [0.5, 0.6) is 0 Å². The Balaban J connectivity index is 1.85. The summed E-state index contributed by atoms with van der Waals surface area (Å²) in [4.78, 5) is 35.3. The topological polar surface area (TPSA) is 108 Å². The first-order chi connectivity index (χ1) is 11.1. The molecule has 0 aromatic rings. The first-order valence-corrected chi connectivity index (χ1v) is 8.18. The van der Waals surface area contributed by atoms with Gasteiger partial charge in [0.15, 0.2) is 0 Å². The number of piperidine rings is 1. The van der Waals surface area contributed by atoms with E-state index in [-0.39, 0.29) is 11.7 Å². The van der Waals surface area contributed by atoms with Crippen LogP contribution in [0.2, 0.25) is 0 Å². The van der Waals surface area contributed by atoms with Gasteiger partial charge >= 0.3 is 11.9 Å². The molecule has 0 radical (unpaired) electrons. The SMILES string of the molecule is CC12CCC(C(=O)OC3CCCN/C3=C/[N+](=O)[O-])(OC1=O)C2(C)C. The van der Waals surface area contributed by atoms with Crippen molar-refractivity contribution in [1.29, 1.82) is 0 Å². The van der Waals surface area contributed by atoms with Crippen molar-refractivity contribution in [2.45, 2.75) is 58.2 Å². The molecule has 1 aliphatic carbocycles. The molecular formula is C16H22N2O6. The maximum atomic E-state index is 12.9. The van der Waals surface area contributed by atoms with Gasteiger partial charge in [0.05, 0.1) is 10.3 Å². The molecule has 3 atom stereocenters. The molecule has 2 bridgehead atoms. The van der Waals surface area contributed by atoms with E-state index in [9.17, 15) is 19.7 Å². The van der Waals surface area contributed by atoms with Gasteiger partial charge < -0.3 is 14.8 Å². The van der Waals surface area contributed by atoms with Gasteiger partial charge in [-0.15, -0.1) is 0 Å². The van der Waals surface area contributed by atoms with Gasteiger partial charge in [0, 0.05) is 12.0 Å². The number of nitrogens with zero attached hydrogens (tertiary/aromatic N) is 1. The van der Waals surface area contributed by atoms with E-state index in [2.05, 4.69) is 5.32 Å². The van der Waals surface area contributed by atoms with Crippen molar-refractivity contribution in [1.82, 2.24) is 5.32 Å². The Morgan fingerprint density at radius 3 is 2.67 bits per heavy atom. The molecule has 2 aliphatic heterocycles. The maximum Gasteiger partial charge on any atom is 0.351 e. The summed E-state index contributed by atoms with van der Waals surface area (Å²) >= 11 is 0. The minimum absolute atomic E-state index is 0.277. The van der Waals surface area contributed by atoms with Crippen molar-refractivity contribution in [2.24, 2.45) is 10.8 Å². The van der Waals surface area contributed by atoms with Gasteiger partial charge in [-0.2, -0.15) is 0 Å². The standard InChI is InChI=1S/C16H22N2O6/c1-14(2)15(3)6-7-16(14,24-12(15)19)13(20)23-11-5-4-8-17-10(11)9-18(21)22/h9,11,17H,4-8H2,1-3H3/b10-9+. The van der Waals surface area contributed by atoms with E-state index in [1.807, 2.05) is 20.8 Å². The summed E-state index contributed by atoms with van der Waals surface area (Å²) in [5, 5.41) is 13.7. The summed E-state index contributed by atoms with van der Waals surface area (Å²) in [7, 11) is 0. The summed E-state index contributed by atoms with van der Waals surface area (Å²) in [5.74, 6) is -0.983. The fourth-order valence-corrected chi connectivity index (χ4v) is 4.08. The number of nitrogens with one attached hydrogen (secondary N) is 1. The molecule has 132 valence electrons. The Bertz CT molecular complexity index is 642. The Labute approximate surface area is 139 Å². The van der Waals surface area contributed by atoms with E-state index >= 15 is 0 Å². The van der Waals surface area contributed by atoms with Gasteiger partial charge in [-0.05, 0) is 32.6 Å². The third-order valence-electron chi connectivity index (χ3n) is 6.23. The number of hydrogen-bond donors (Lipinski definition) is 1. The van der Waals surface area contributed by atoms with Crippen LogP contribution in [0, 0.1) is 20.9 Å². The van der Waals surface area contributed by atoms with Gasteiger partial charge in [-0.25, -0.2) is 4.79 Å². The highest BCUT2D eigenvalue weighted by Crippen LogP contribution is 2.65. The zero-order chi connectivity index (χ0) is 17.8. The van der Waals surface area contributed by atoms with Gasteiger partial charge in [-0.1, -0.05) is 13.8 Å². The molecule has 24 heavy (non-hydrogen) atoms. The summed E-state index contributed by atoms with van der Waals surface area (Å²) in [5.41, 5.74) is -2.44. The van der Waals surface area contributed by atoms with Crippen molar-refractivity contribution < 1.29 is 24.0 Å². The van der Waals surface area contributed by atoms with Crippen LogP contribution >= 0.6 is 0 Å². The average Bonchev–Trinajstić information content (AvgIpc) is 2.79. The Kier molecular flexibility index (Phi) is 3.62. The second-order valence-corrected chi connectivity index (χ2v) is 7.51. The highest BCUT2D eigenvalue weighted by molar-refractivity contribution is 5.93. The summed E-state index contributed by atoms with van der Waals surface area (Å²) in [6, 6.07) is 0. The molecule has 3 unspecified atom stereocenters. The van der Waals surface area contributed by atoms with Crippen LogP contribution in [0.3, 0.4) is 0 Å². The molecule has 1 saturated carbocycles. The predicted molar refractivity (Wildman–Crippen MR) is 82.1 cm³/mol. The van der Waals surface area contributed by atoms with E-state index in [0.717, 1.165) is 12.6 Å². The summed E-state index contributed by atoms with van der Waals surface area (Å²) in [6.45, 7) is 6.10. The first kappa shape index (κ1) is 16.7. The van der Waals surface area contributed by atoms with Crippen LogP contribution < -0.4 is 5.32 Å². The molecule has 3 aliphatic rings. The van der Waals surface area contributed by atoms with Crippen molar-refractivity contribution >= 4 is 11.9 Å². The second kappa shape index (κ2) is 5.19. The Morgan fingerprint density at radius 1 is 1.42 bits per heavy atom. The van der Waals surface area contributed by atoms with Crippen molar-refractivity contribution in [3.63, 3.8) is 0 Å². The minimum Gasteiger partial charge on any atom is -0.453 e. The van der Waals surface area contributed by atoms with Crippen LogP contribution in [0.25, 0.3) is 0 Å². The van der Waals surface area contributed by atoms with Gasteiger partial charge in [0.1, 0.15) is 11.8 Å². The van der Waals surface area contributed by atoms with Crippen LogP contribution in [0.15, 0.2) is 11.9 Å². The van der Waals surface area contributed by atoms with E-state index in [4.69, 9.17) is 9.47 Å². The van der Waals surface area contributed by atoms with E-state index in [1.165, 1.54) is 0 Å². The van der Waals surface area contributed by atoms with Crippen molar-refractivity contribution in [2.75, 3.05) is 6.54 Å². The lowest BCUT2D eigenvalue weighted by molar-refractivity contribution is -0.404. The fourth-order valence-electron chi connectivity index (χ4n) is 4.08. The number of carbonyl (C=O) groups excluding carboxylic acids is 2. The highest BCUT2D eigenvalue weighted by atomic mass is 16.6. The average molecular weight is 338 g/mol. The molecular weight excluding hydrogens is 316 g/mol. The zero-order valence-electron chi connectivity index (χ0n) is 14.1. The number of ether oxygens (including phenoxy) is 2. The maximum absolute atomic E-state index is 12.9. The molecule has 3 rings (SSSR count). The van der Waals surface area contributed by atoms with Crippen LogP contribution in [-0.4, -0.2) is 35.1 Å². The number of hydrogen-bond acceptors (Lipinski definition) is 7. The monoisotopic (exact) mass is 338 g/mol. The smallest absolute Gasteiger partial charge is 0.351 e. The van der Waals surface area contributed by atoms with E-state index in [0.29, 0.717) is 25.8 Å². The number of nitro groups is 1. The molecule has 1 N–H and O–H groups in total. The lowest BCUT2D eigenvalue weighted by atomic mass is 9.66. The Hall–Kier alpha value is -2.12. The molecule has 2 heterocycles. The van der Waals surface area contributed by atoms with Gasteiger partial charge in [-0.3, -0.25) is 14.9 Å². The minimum atomic E-state index is -1.31. The second-order valence-electron chi connectivity index (χ2n) is 7.51. The third kappa shape index (κ3) is 2.04. The van der Waals surface area contributed by atoms with E-state index < -0.39 is 33.4 Å². The Morgan fingerprint density at radius 2 is 2.12 bits per heavy atom. The molecule has 0 aromatic carbocycles. The van der Waals surface area contributed by atoms with Crippen molar-refractivity contribution in [3.05, 3.63) is 22.0 Å². The molecule has 0 aromatic heterocycles. The third-order valence-corrected chi connectivity index (χ3v) is 6.23. The molecule has 0 amide bonds. The van der Waals surface area contributed by atoms with Crippen LogP contribution in [0.1, 0.15) is 46.5 Å². The molecule has 8 nitrogen and oxygen atoms in total. The summed E-state index contributed by atoms with van der Waals surface area (Å²) < 4.78 is 11.1. The zero-order valence-corrected chi connectivity index (χ0v) is 14.1. The molecule has 8 heteroatoms. The van der Waals surface area contributed by atoms with Crippen LogP contribution in [-0.2, 0) is 19.1 Å². The number of esters is 2. The summed E-state index contributed by atoms with van der Waals surface area (Å²) in [6.07, 6.45) is 2.33. The number of fused-ring (bicyclic) bond motifs is 2. The predicted octanol–water partition coefficient (Wildman–Crippen LogP) is 1.52. The van der Waals surface area contributed by atoms with Gasteiger partial charge in [0.25, 0.3) is 6.20 Å². The largest absolute Gasteiger partial charge is 0.453 e. The van der Waals surface area contributed by atoms with Crippen LogP contribution in [0.4, 0.5) is 0 Å². The lowest BCUT2D eigenvalue weighted by Gasteiger charge is -2.36. The number of rotatable bonds is 3. The van der Waals surface area contributed by atoms with Crippen molar-refractivity contribution in [3.8, 4) is 0 Å².